The summed E-state index contributed by atoms with van der Waals surface area (Å²) in [5.74, 6) is 0.935. The lowest BCUT2D eigenvalue weighted by Gasteiger charge is -2.30. The number of hydrogen-bond acceptors (Lipinski definition) is 3. The first kappa shape index (κ1) is 23.7. The van der Waals surface area contributed by atoms with Crippen LogP contribution in [0.5, 0.6) is 5.75 Å². The predicted octanol–water partition coefficient (Wildman–Crippen LogP) is 8.54. The van der Waals surface area contributed by atoms with Gasteiger partial charge in [0.1, 0.15) is 11.8 Å². The number of aryl methyl sites for hydroxylation is 1. The zero-order valence-corrected chi connectivity index (χ0v) is 21.7. The van der Waals surface area contributed by atoms with Gasteiger partial charge in [-0.3, -0.25) is 0 Å². The Morgan fingerprint density at radius 3 is 2.41 bits per heavy atom. The number of fused-ring (bicyclic) bond motifs is 1. The maximum absolute atomic E-state index is 10.3. The van der Waals surface area contributed by atoms with Crippen LogP contribution in [0, 0.1) is 18.3 Å². The van der Waals surface area contributed by atoms with E-state index in [0.717, 1.165) is 71.4 Å². The van der Waals surface area contributed by atoms with Crippen LogP contribution < -0.4 is 10.1 Å². The second kappa shape index (κ2) is 10.3. The maximum Gasteiger partial charge on any atom is 0.121 e. The Kier molecular flexibility index (Phi) is 6.62. The molecule has 0 saturated heterocycles. The highest BCUT2D eigenvalue weighted by atomic mass is 16.5. The van der Waals surface area contributed by atoms with E-state index in [4.69, 9.17) is 4.74 Å². The van der Waals surface area contributed by atoms with E-state index in [0.29, 0.717) is 12.1 Å². The summed E-state index contributed by atoms with van der Waals surface area (Å²) in [6.07, 6.45) is 9.98. The zero-order chi connectivity index (χ0) is 25.2. The van der Waals surface area contributed by atoms with E-state index < -0.39 is 0 Å². The van der Waals surface area contributed by atoms with E-state index >= 15 is 0 Å². The maximum atomic E-state index is 10.3. The number of aromatic nitrogens is 1. The van der Waals surface area contributed by atoms with Crippen molar-refractivity contribution in [2.45, 2.75) is 77.0 Å². The Balaban J connectivity index is 1.33. The molecular weight excluding hydrogens is 454 g/mol. The number of nitrogens with one attached hydrogen (secondary N) is 1. The van der Waals surface area contributed by atoms with Crippen molar-refractivity contribution in [1.29, 1.82) is 5.26 Å². The van der Waals surface area contributed by atoms with Crippen molar-refractivity contribution < 1.29 is 4.74 Å². The lowest BCUT2D eigenvalue weighted by atomic mass is 9.92. The molecule has 0 atom stereocenters. The van der Waals surface area contributed by atoms with E-state index in [1.165, 1.54) is 36.8 Å². The largest absolute Gasteiger partial charge is 0.490 e. The van der Waals surface area contributed by atoms with Crippen molar-refractivity contribution in [3.8, 4) is 23.1 Å². The first-order valence-electron chi connectivity index (χ1n) is 13.8. The van der Waals surface area contributed by atoms with Crippen molar-refractivity contribution in [3.63, 3.8) is 0 Å². The molecule has 0 aliphatic heterocycles. The number of hydrogen-bond donors (Lipinski definition) is 1. The highest BCUT2D eigenvalue weighted by molar-refractivity contribution is 5.95. The monoisotopic (exact) mass is 489 g/mol. The molecule has 4 aromatic rings. The second-order valence-electron chi connectivity index (χ2n) is 10.7. The highest BCUT2D eigenvalue weighted by Crippen LogP contribution is 2.43. The molecule has 1 heterocycles. The summed E-state index contributed by atoms with van der Waals surface area (Å²) in [4.78, 5) is 0. The molecule has 1 N–H and O–H groups in total. The molecule has 188 valence electrons. The van der Waals surface area contributed by atoms with Crippen molar-refractivity contribution in [1.82, 2.24) is 4.57 Å². The molecule has 3 aromatic carbocycles. The first-order valence-corrected chi connectivity index (χ1v) is 13.8. The predicted molar refractivity (Wildman–Crippen MR) is 151 cm³/mol. The average molecular weight is 490 g/mol. The molecule has 0 radical (unpaired) electrons. The summed E-state index contributed by atoms with van der Waals surface area (Å²) in [6, 6.07) is 26.4. The Labute approximate surface area is 219 Å². The van der Waals surface area contributed by atoms with Gasteiger partial charge in [0.2, 0.25) is 0 Å². The zero-order valence-electron chi connectivity index (χ0n) is 21.7. The van der Waals surface area contributed by atoms with Crippen LogP contribution in [0.1, 0.15) is 74.1 Å². The summed E-state index contributed by atoms with van der Waals surface area (Å²) in [6.45, 7) is 2.94. The molecule has 0 unspecified atom stereocenters. The molecule has 2 saturated carbocycles. The van der Waals surface area contributed by atoms with Gasteiger partial charge >= 0.3 is 0 Å². The molecular formula is C33H35N3O. The van der Waals surface area contributed by atoms with Gasteiger partial charge in [-0.15, -0.1) is 0 Å². The molecule has 0 bridgehead atoms. The van der Waals surface area contributed by atoms with Crippen LogP contribution in [-0.2, 0) is 6.54 Å². The third-order valence-electron chi connectivity index (χ3n) is 8.28. The minimum Gasteiger partial charge on any atom is -0.490 e. The third-order valence-corrected chi connectivity index (χ3v) is 8.28. The second-order valence-corrected chi connectivity index (χ2v) is 10.7. The fourth-order valence-electron chi connectivity index (χ4n) is 5.91. The molecule has 2 fully saturated rings. The molecule has 0 spiro atoms. The Bertz CT molecular complexity index is 1430. The van der Waals surface area contributed by atoms with Gasteiger partial charge in [0.15, 0.2) is 0 Å². The third kappa shape index (κ3) is 4.71. The van der Waals surface area contributed by atoms with Gasteiger partial charge in [-0.2, -0.15) is 5.26 Å². The number of benzene rings is 3. The molecule has 4 nitrogen and oxygen atoms in total. The Hall–Kier alpha value is -3.71. The van der Waals surface area contributed by atoms with E-state index in [2.05, 4.69) is 89.6 Å². The quantitative estimate of drug-likeness (QED) is 0.283. The number of rotatable bonds is 7. The van der Waals surface area contributed by atoms with Gasteiger partial charge in [0.05, 0.1) is 22.9 Å². The summed E-state index contributed by atoms with van der Waals surface area (Å²) < 4.78 is 8.85. The van der Waals surface area contributed by atoms with E-state index in [1.807, 2.05) is 0 Å². The number of nitrogens with zero attached hydrogens (tertiary/aromatic N) is 2. The van der Waals surface area contributed by atoms with Gasteiger partial charge in [0, 0.05) is 29.7 Å². The van der Waals surface area contributed by atoms with Crippen LogP contribution in [-0.4, -0.2) is 10.7 Å². The Morgan fingerprint density at radius 1 is 0.919 bits per heavy atom. The van der Waals surface area contributed by atoms with Gasteiger partial charge in [-0.1, -0.05) is 42.8 Å². The number of ether oxygens (including phenoxy) is 1. The topological polar surface area (TPSA) is 50.0 Å². The fraction of sp³-hybridized carbons (Fsp3) is 0.364. The molecule has 0 amide bonds. The lowest BCUT2D eigenvalue weighted by Crippen LogP contribution is -2.20. The molecule has 1 aromatic heterocycles. The van der Waals surface area contributed by atoms with E-state index in [1.54, 1.807) is 0 Å². The fourth-order valence-corrected chi connectivity index (χ4v) is 5.91. The van der Waals surface area contributed by atoms with Crippen LogP contribution in [0.3, 0.4) is 0 Å². The molecule has 2 aliphatic carbocycles. The van der Waals surface area contributed by atoms with Gasteiger partial charge in [0.25, 0.3) is 0 Å². The van der Waals surface area contributed by atoms with Crippen LogP contribution in [0.2, 0.25) is 0 Å². The molecule has 6 rings (SSSR count). The minimum atomic E-state index is 0.313. The standard InChI is InChI=1S/C33H35N3O/c1-23-8-5-6-9-25(23)22-35-26-16-14-24(15-17-26)33-31(21-34)30-19-18-29(37-28-12-3-2-4-13-28)20-32(30)36(33)27-10-7-11-27/h5-6,8-9,14-20,27-28,35H,2-4,7,10-13,22H2,1H3. The van der Waals surface area contributed by atoms with Gasteiger partial charge < -0.3 is 14.6 Å². The highest BCUT2D eigenvalue weighted by Gasteiger charge is 2.28. The summed E-state index contributed by atoms with van der Waals surface area (Å²) in [5, 5.41) is 14.9. The lowest BCUT2D eigenvalue weighted by molar-refractivity contribution is 0.155. The van der Waals surface area contributed by atoms with Gasteiger partial charge in [-0.25, -0.2) is 0 Å². The number of nitriles is 1. The van der Waals surface area contributed by atoms with E-state index in [-0.39, 0.29) is 0 Å². The minimum absolute atomic E-state index is 0.313. The van der Waals surface area contributed by atoms with Crippen LogP contribution >= 0.6 is 0 Å². The normalized spacial score (nSPS) is 16.3. The van der Waals surface area contributed by atoms with E-state index in [9.17, 15) is 5.26 Å². The summed E-state index contributed by atoms with van der Waals surface area (Å²) in [7, 11) is 0. The molecule has 2 aliphatic rings. The van der Waals surface area contributed by atoms with Gasteiger partial charge in [-0.05, 0) is 92.8 Å². The van der Waals surface area contributed by atoms with Crippen molar-refractivity contribution >= 4 is 16.6 Å². The summed E-state index contributed by atoms with van der Waals surface area (Å²) in [5.41, 5.74) is 7.72. The number of anilines is 1. The molecule has 37 heavy (non-hydrogen) atoms. The van der Waals surface area contributed by atoms with Crippen LogP contribution in [0.4, 0.5) is 5.69 Å². The average Bonchev–Trinajstić information content (AvgIpc) is 3.21. The Morgan fingerprint density at radius 2 is 1.70 bits per heavy atom. The smallest absolute Gasteiger partial charge is 0.121 e. The van der Waals surface area contributed by atoms with Crippen molar-refractivity contribution in [3.05, 3.63) is 83.4 Å². The van der Waals surface area contributed by atoms with Crippen LogP contribution in [0.15, 0.2) is 66.7 Å². The van der Waals surface area contributed by atoms with Crippen LogP contribution in [0.25, 0.3) is 22.2 Å². The SMILES string of the molecule is Cc1ccccc1CNc1ccc(-c2c(C#N)c3ccc(OC4CCCCC4)cc3n2C2CCC2)cc1. The first-order chi connectivity index (χ1) is 18.2. The summed E-state index contributed by atoms with van der Waals surface area (Å²) >= 11 is 0. The molecule has 4 heteroatoms. The van der Waals surface area contributed by atoms with Crippen molar-refractivity contribution in [2.75, 3.05) is 5.32 Å². The van der Waals surface area contributed by atoms with Crippen molar-refractivity contribution in [2.24, 2.45) is 0 Å².